The lowest BCUT2D eigenvalue weighted by Crippen LogP contribution is -2.01. The topological polar surface area (TPSA) is 92.0 Å². The van der Waals surface area contributed by atoms with Crippen LogP contribution in [0.4, 0.5) is 0 Å². The number of para-hydroxylation sites is 1. The Labute approximate surface area is 160 Å². The number of hydrogen-bond donors (Lipinski definition) is 3. The number of H-pyrrole nitrogens is 1. The highest BCUT2D eigenvalue weighted by Gasteiger charge is 2.22. The number of carbonyl (C=O) groups is 1. The summed E-state index contributed by atoms with van der Waals surface area (Å²) in [5.74, 6) is -0.907. The summed E-state index contributed by atoms with van der Waals surface area (Å²) >= 11 is 1.62. The standard InChI is InChI=1S/C21H21N3O2S/c1-12-9-10-14(21(25)26)17-13(6-4-5-11-22)19(24-18(12)17)20-23-15-7-2-3-8-16(15)27-20/h2-3,7-10,24H,4-6,11,22H2,1H3,(H,25,26). The van der Waals surface area contributed by atoms with Crippen LogP contribution in [0.25, 0.3) is 31.8 Å². The van der Waals surface area contributed by atoms with Gasteiger partial charge in [0, 0.05) is 5.39 Å². The number of benzene rings is 2. The number of aromatic carboxylic acids is 1. The van der Waals surface area contributed by atoms with Gasteiger partial charge >= 0.3 is 5.97 Å². The third-order valence-corrected chi connectivity index (χ3v) is 5.94. The normalized spacial score (nSPS) is 11.5. The van der Waals surface area contributed by atoms with Gasteiger partial charge in [0.05, 0.1) is 27.0 Å². The zero-order valence-electron chi connectivity index (χ0n) is 15.1. The van der Waals surface area contributed by atoms with E-state index in [4.69, 9.17) is 10.7 Å². The van der Waals surface area contributed by atoms with Crippen LogP contribution in [0.15, 0.2) is 36.4 Å². The maximum absolute atomic E-state index is 11.8. The molecule has 0 atom stereocenters. The van der Waals surface area contributed by atoms with Crippen LogP contribution in [0, 0.1) is 6.92 Å². The lowest BCUT2D eigenvalue weighted by atomic mass is 9.98. The Balaban J connectivity index is 1.98. The van der Waals surface area contributed by atoms with Crippen molar-refractivity contribution < 1.29 is 9.90 Å². The van der Waals surface area contributed by atoms with Crippen molar-refractivity contribution >= 4 is 38.4 Å². The van der Waals surface area contributed by atoms with E-state index in [2.05, 4.69) is 11.1 Å². The van der Waals surface area contributed by atoms with Gasteiger partial charge in [-0.1, -0.05) is 18.2 Å². The third-order valence-electron chi connectivity index (χ3n) is 4.89. The summed E-state index contributed by atoms with van der Waals surface area (Å²) < 4.78 is 1.12. The predicted octanol–water partition coefficient (Wildman–Crippen LogP) is 4.73. The van der Waals surface area contributed by atoms with Crippen LogP contribution in [0.2, 0.25) is 0 Å². The van der Waals surface area contributed by atoms with Gasteiger partial charge in [0.15, 0.2) is 0 Å². The maximum Gasteiger partial charge on any atom is 0.336 e. The van der Waals surface area contributed by atoms with Crippen molar-refractivity contribution in [3.63, 3.8) is 0 Å². The number of nitrogens with one attached hydrogen (secondary N) is 1. The molecule has 0 amide bonds. The summed E-state index contributed by atoms with van der Waals surface area (Å²) in [5.41, 5.74) is 10.8. The molecule has 4 rings (SSSR count). The Hall–Kier alpha value is -2.70. The fourth-order valence-corrected chi connectivity index (χ4v) is 4.54. The zero-order valence-corrected chi connectivity index (χ0v) is 15.9. The van der Waals surface area contributed by atoms with E-state index >= 15 is 0 Å². The molecule has 0 aliphatic heterocycles. The number of thiazole rings is 1. The number of aromatic amines is 1. The van der Waals surface area contributed by atoms with Gasteiger partial charge in [0.1, 0.15) is 5.01 Å². The van der Waals surface area contributed by atoms with Crippen LogP contribution in [-0.4, -0.2) is 27.6 Å². The zero-order chi connectivity index (χ0) is 19.0. The number of unbranched alkanes of at least 4 members (excludes halogenated alkanes) is 1. The number of rotatable bonds is 6. The fourth-order valence-electron chi connectivity index (χ4n) is 3.54. The second-order valence-electron chi connectivity index (χ2n) is 6.70. The second-order valence-corrected chi connectivity index (χ2v) is 7.73. The van der Waals surface area contributed by atoms with E-state index in [1.807, 2.05) is 31.2 Å². The molecular weight excluding hydrogens is 358 g/mol. The molecule has 4 N–H and O–H groups in total. The minimum atomic E-state index is -0.907. The minimum Gasteiger partial charge on any atom is -0.478 e. The van der Waals surface area contributed by atoms with Crippen molar-refractivity contribution in [2.75, 3.05) is 6.54 Å². The minimum absolute atomic E-state index is 0.335. The Bertz CT molecular complexity index is 1110. The molecule has 2 heterocycles. The van der Waals surface area contributed by atoms with E-state index in [9.17, 15) is 9.90 Å². The summed E-state index contributed by atoms with van der Waals surface area (Å²) in [7, 11) is 0. The van der Waals surface area contributed by atoms with Crippen molar-refractivity contribution in [3.05, 3.63) is 53.1 Å². The number of aryl methyl sites for hydroxylation is 2. The summed E-state index contributed by atoms with van der Waals surface area (Å²) in [6.07, 6.45) is 2.58. The van der Waals surface area contributed by atoms with Crippen LogP contribution in [0.3, 0.4) is 0 Å². The fraction of sp³-hybridized carbons (Fsp3) is 0.238. The van der Waals surface area contributed by atoms with Crippen molar-refractivity contribution in [1.82, 2.24) is 9.97 Å². The van der Waals surface area contributed by atoms with E-state index < -0.39 is 5.97 Å². The molecule has 0 spiro atoms. The first kappa shape index (κ1) is 17.7. The molecule has 0 saturated heterocycles. The predicted molar refractivity (Wildman–Crippen MR) is 111 cm³/mol. The van der Waals surface area contributed by atoms with Gasteiger partial charge in [-0.3, -0.25) is 0 Å². The molecule has 0 aliphatic carbocycles. The van der Waals surface area contributed by atoms with Crippen molar-refractivity contribution in [2.24, 2.45) is 5.73 Å². The summed E-state index contributed by atoms with van der Waals surface area (Å²) in [6, 6.07) is 11.6. The summed E-state index contributed by atoms with van der Waals surface area (Å²) in [4.78, 5) is 20.1. The molecule has 6 heteroatoms. The second kappa shape index (κ2) is 7.13. The monoisotopic (exact) mass is 379 g/mol. The molecule has 0 bridgehead atoms. The van der Waals surface area contributed by atoms with Crippen LogP contribution in [-0.2, 0) is 6.42 Å². The van der Waals surface area contributed by atoms with Gasteiger partial charge < -0.3 is 15.8 Å². The first-order valence-corrected chi connectivity index (χ1v) is 9.85. The Morgan fingerprint density at radius 2 is 2.04 bits per heavy atom. The summed E-state index contributed by atoms with van der Waals surface area (Å²) in [5, 5.41) is 11.4. The van der Waals surface area contributed by atoms with Crippen molar-refractivity contribution in [2.45, 2.75) is 26.2 Å². The van der Waals surface area contributed by atoms with Gasteiger partial charge in [0.25, 0.3) is 0 Å². The van der Waals surface area contributed by atoms with Crippen LogP contribution >= 0.6 is 11.3 Å². The first-order chi connectivity index (χ1) is 13.1. The Kier molecular flexibility index (Phi) is 4.68. The quantitative estimate of drug-likeness (QED) is 0.422. The van der Waals surface area contributed by atoms with Crippen LogP contribution in [0.1, 0.15) is 34.3 Å². The van der Waals surface area contributed by atoms with Gasteiger partial charge in [-0.25, -0.2) is 9.78 Å². The van der Waals surface area contributed by atoms with Crippen LogP contribution < -0.4 is 5.73 Å². The van der Waals surface area contributed by atoms with Crippen molar-refractivity contribution in [3.8, 4) is 10.7 Å². The smallest absolute Gasteiger partial charge is 0.336 e. The first-order valence-electron chi connectivity index (χ1n) is 9.03. The van der Waals surface area contributed by atoms with Gasteiger partial charge in [-0.2, -0.15) is 0 Å². The number of nitrogens with two attached hydrogens (primary N) is 1. The molecule has 0 fully saturated rings. The van der Waals surface area contributed by atoms with E-state index in [1.54, 1.807) is 17.4 Å². The Morgan fingerprint density at radius 1 is 1.22 bits per heavy atom. The van der Waals surface area contributed by atoms with Gasteiger partial charge in [-0.15, -0.1) is 11.3 Å². The average molecular weight is 379 g/mol. The number of carboxylic acids is 1. The molecule has 5 nitrogen and oxygen atoms in total. The summed E-state index contributed by atoms with van der Waals surface area (Å²) in [6.45, 7) is 2.62. The molecule has 0 aliphatic rings. The number of fused-ring (bicyclic) bond motifs is 2. The molecule has 0 radical (unpaired) electrons. The molecule has 4 aromatic rings. The SMILES string of the molecule is Cc1ccc(C(=O)O)c2c(CCCCN)c(-c3nc4ccccc4s3)[nH]c12. The molecule has 138 valence electrons. The molecule has 27 heavy (non-hydrogen) atoms. The van der Waals surface area contributed by atoms with Gasteiger partial charge in [-0.05, 0) is 62.1 Å². The van der Waals surface area contributed by atoms with E-state index in [-0.39, 0.29) is 0 Å². The van der Waals surface area contributed by atoms with Gasteiger partial charge in [0.2, 0.25) is 0 Å². The molecule has 0 unspecified atom stereocenters. The van der Waals surface area contributed by atoms with E-state index in [0.717, 1.165) is 62.2 Å². The number of nitrogens with zero attached hydrogens (tertiary/aromatic N) is 1. The molecule has 2 aromatic carbocycles. The lowest BCUT2D eigenvalue weighted by Gasteiger charge is -2.05. The van der Waals surface area contributed by atoms with Crippen molar-refractivity contribution in [1.29, 1.82) is 0 Å². The third kappa shape index (κ3) is 3.11. The highest BCUT2D eigenvalue weighted by Crippen LogP contribution is 2.38. The molecule has 2 aromatic heterocycles. The highest BCUT2D eigenvalue weighted by molar-refractivity contribution is 7.21. The number of hydrogen-bond acceptors (Lipinski definition) is 4. The average Bonchev–Trinajstić information content (AvgIpc) is 3.24. The lowest BCUT2D eigenvalue weighted by molar-refractivity contribution is 0.0699. The number of aromatic nitrogens is 2. The Morgan fingerprint density at radius 3 is 2.78 bits per heavy atom. The molecular formula is C21H21N3O2S. The van der Waals surface area contributed by atoms with Crippen LogP contribution in [0.5, 0.6) is 0 Å². The van der Waals surface area contributed by atoms with E-state index in [1.165, 1.54) is 0 Å². The molecule has 0 saturated carbocycles. The highest BCUT2D eigenvalue weighted by atomic mass is 32.1. The maximum atomic E-state index is 11.8. The van der Waals surface area contributed by atoms with E-state index in [0.29, 0.717) is 12.1 Å². The largest absolute Gasteiger partial charge is 0.478 e. The number of carboxylic acid groups (broad SMARTS) is 1.